The van der Waals surface area contributed by atoms with E-state index >= 15 is 0 Å². The van der Waals surface area contributed by atoms with E-state index in [9.17, 15) is 24.0 Å². The quantitative estimate of drug-likeness (QED) is 0.184. The lowest BCUT2D eigenvalue weighted by Gasteiger charge is -2.22. The zero-order chi connectivity index (χ0) is 22.6. The van der Waals surface area contributed by atoms with Gasteiger partial charge in [0.25, 0.3) is 0 Å². The van der Waals surface area contributed by atoms with Crippen LogP contribution in [-0.4, -0.2) is 71.4 Å². The minimum atomic E-state index is -1.30. The Hall–Kier alpha value is -2.34. The lowest BCUT2D eigenvalue weighted by molar-refractivity contribution is -0.141. The number of rotatable bonds is 14. The number of thioether (sulfide) groups is 1. The van der Waals surface area contributed by atoms with Gasteiger partial charge in [-0.1, -0.05) is 20.3 Å². The second kappa shape index (κ2) is 13.8. The topological polar surface area (TPSA) is 194 Å². The molecule has 29 heavy (non-hydrogen) atoms. The summed E-state index contributed by atoms with van der Waals surface area (Å²) in [6, 6.07) is -3.25. The molecule has 0 rings (SSSR count). The zero-order valence-corrected chi connectivity index (χ0v) is 17.7. The summed E-state index contributed by atoms with van der Waals surface area (Å²) in [6.07, 6.45) is 2.20. The molecule has 0 spiro atoms. The van der Waals surface area contributed by atoms with Crippen molar-refractivity contribution in [3.63, 3.8) is 0 Å². The van der Waals surface area contributed by atoms with Crippen molar-refractivity contribution in [1.29, 1.82) is 0 Å². The summed E-state index contributed by atoms with van der Waals surface area (Å²) in [6.45, 7) is 3.10. The van der Waals surface area contributed by atoms with Crippen LogP contribution in [-0.2, 0) is 24.0 Å². The Morgan fingerprint density at radius 2 is 1.69 bits per heavy atom. The fourth-order valence-electron chi connectivity index (χ4n) is 2.22. The Morgan fingerprint density at radius 1 is 1.07 bits per heavy atom. The summed E-state index contributed by atoms with van der Waals surface area (Å²) in [5.41, 5.74) is 10.9. The van der Waals surface area contributed by atoms with Gasteiger partial charge < -0.3 is 32.5 Å². The second-order valence-electron chi connectivity index (χ2n) is 6.60. The lowest BCUT2D eigenvalue weighted by atomic mass is 9.99. The Bertz CT molecular complexity index is 603. The minimum absolute atomic E-state index is 0.146. The normalized spacial score (nSPS) is 14.8. The van der Waals surface area contributed by atoms with E-state index in [1.807, 2.05) is 6.92 Å². The number of primary amides is 1. The number of aliphatic carboxylic acids is 1. The SMILES string of the molecule is CCC(C)C(N)C(=O)NC(CC(N)=O)C(=O)NCC(=O)NC(CCSC)C(=O)O. The fourth-order valence-corrected chi connectivity index (χ4v) is 2.69. The van der Waals surface area contributed by atoms with Crippen molar-refractivity contribution >= 4 is 41.4 Å². The molecule has 4 unspecified atom stereocenters. The molecule has 4 amide bonds. The summed E-state index contributed by atoms with van der Waals surface area (Å²) in [5, 5.41) is 16.0. The summed E-state index contributed by atoms with van der Waals surface area (Å²) in [7, 11) is 0. The molecule has 0 aromatic rings. The predicted octanol–water partition coefficient (Wildman–Crippen LogP) is -1.84. The molecule has 0 aliphatic rings. The molecule has 12 heteroatoms. The van der Waals surface area contributed by atoms with Crippen molar-refractivity contribution in [2.24, 2.45) is 17.4 Å². The number of amides is 4. The highest BCUT2D eigenvalue weighted by atomic mass is 32.2. The molecular formula is C17H31N5O6S. The smallest absolute Gasteiger partial charge is 0.326 e. The molecule has 0 saturated carbocycles. The van der Waals surface area contributed by atoms with Crippen LogP contribution in [0.3, 0.4) is 0 Å². The van der Waals surface area contributed by atoms with Crippen molar-refractivity contribution in [2.45, 2.75) is 51.2 Å². The summed E-state index contributed by atoms with van der Waals surface area (Å²) in [4.78, 5) is 58.8. The van der Waals surface area contributed by atoms with Gasteiger partial charge in [0.05, 0.1) is 19.0 Å². The Balaban J connectivity index is 4.85. The van der Waals surface area contributed by atoms with Crippen LogP contribution in [0, 0.1) is 5.92 Å². The van der Waals surface area contributed by atoms with Crippen molar-refractivity contribution in [2.75, 3.05) is 18.6 Å². The third-order valence-corrected chi connectivity index (χ3v) is 4.91. The Morgan fingerprint density at radius 3 is 2.17 bits per heavy atom. The van der Waals surface area contributed by atoms with E-state index in [2.05, 4.69) is 16.0 Å². The van der Waals surface area contributed by atoms with Gasteiger partial charge in [-0.15, -0.1) is 0 Å². The third-order valence-electron chi connectivity index (χ3n) is 4.27. The molecule has 0 fully saturated rings. The van der Waals surface area contributed by atoms with Crippen LogP contribution in [0.15, 0.2) is 0 Å². The van der Waals surface area contributed by atoms with Crippen LogP contribution in [0.5, 0.6) is 0 Å². The molecule has 8 N–H and O–H groups in total. The van der Waals surface area contributed by atoms with E-state index in [4.69, 9.17) is 16.6 Å². The van der Waals surface area contributed by atoms with Crippen molar-refractivity contribution in [3.8, 4) is 0 Å². The highest BCUT2D eigenvalue weighted by molar-refractivity contribution is 7.98. The van der Waals surface area contributed by atoms with Crippen LogP contribution in [0.25, 0.3) is 0 Å². The average Bonchev–Trinajstić information content (AvgIpc) is 2.66. The molecule has 166 valence electrons. The van der Waals surface area contributed by atoms with E-state index in [1.165, 1.54) is 11.8 Å². The van der Waals surface area contributed by atoms with Gasteiger partial charge in [-0.3, -0.25) is 19.2 Å². The van der Waals surface area contributed by atoms with Crippen LogP contribution >= 0.6 is 11.8 Å². The van der Waals surface area contributed by atoms with E-state index in [0.29, 0.717) is 12.2 Å². The van der Waals surface area contributed by atoms with Gasteiger partial charge in [0.2, 0.25) is 23.6 Å². The molecule has 11 nitrogen and oxygen atoms in total. The van der Waals surface area contributed by atoms with Gasteiger partial charge >= 0.3 is 5.97 Å². The Labute approximate surface area is 174 Å². The standard InChI is InChI=1S/C17H31N5O6S/c1-4-9(2)14(19)16(26)22-11(7-12(18)23)15(25)20-8-13(24)21-10(17(27)28)5-6-29-3/h9-11,14H,4-8,19H2,1-3H3,(H2,18,23)(H,20,25)(H,21,24)(H,22,26)(H,27,28). The number of nitrogens with one attached hydrogen (secondary N) is 3. The molecule has 0 aliphatic carbocycles. The van der Waals surface area contributed by atoms with Crippen LogP contribution < -0.4 is 27.4 Å². The third kappa shape index (κ3) is 10.7. The van der Waals surface area contributed by atoms with Crippen LogP contribution in [0.2, 0.25) is 0 Å². The molecule has 0 aromatic heterocycles. The van der Waals surface area contributed by atoms with Crippen molar-refractivity contribution in [1.82, 2.24) is 16.0 Å². The van der Waals surface area contributed by atoms with Gasteiger partial charge in [0.15, 0.2) is 0 Å². The van der Waals surface area contributed by atoms with Gasteiger partial charge in [-0.2, -0.15) is 11.8 Å². The molecule has 0 saturated heterocycles. The first kappa shape index (κ1) is 26.7. The second-order valence-corrected chi connectivity index (χ2v) is 7.59. The molecule has 0 aromatic carbocycles. The summed E-state index contributed by atoms with van der Waals surface area (Å²) < 4.78 is 0. The minimum Gasteiger partial charge on any atom is -0.480 e. The number of carbonyl (C=O) groups excluding carboxylic acids is 4. The van der Waals surface area contributed by atoms with Crippen LogP contribution in [0.1, 0.15) is 33.1 Å². The molecule has 0 heterocycles. The largest absolute Gasteiger partial charge is 0.480 e. The zero-order valence-electron chi connectivity index (χ0n) is 16.9. The highest BCUT2D eigenvalue weighted by Crippen LogP contribution is 2.06. The van der Waals surface area contributed by atoms with Crippen LogP contribution in [0.4, 0.5) is 0 Å². The molecule has 0 radical (unpaired) electrons. The lowest BCUT2D eigenvalue weighted by Crippen LogP contribution is -2.55. The van der Waals surface area contributed by atoms with E-state index in [1.54, 1.807) is 13.2 Å². The van der Waals surface area contributed by atoms with Crippen molar-refractivity contribution < 1.29 is 29.1 Å². The van der Waals surface area contributed by atoms with Crippen molar-refractivity contribution in [3.05, 3.63) is 0 Å². The summed E-state index contributed by atoms with van der Waals surface area (Å²) >= 11 is 1.44. The average molecular weight is 434 g/mol. The molecule has 0 bridgehead atoms. The molecular weight excluding hydrogens is 402 g/mol. The monoisotopic (exact) mass is 433 g/mol. The van der Waals surface area contributed by atoms with E-state index in [0.717, 1.165) is 0 Å². The maximum atomic E-state index is 12.3. The van der Waals surface area contributed by atoms with E-state index in [-0.39, 0.29) is 12.3 Å². The maximum Gasteiger partial charge on any atom is 0.326 e. The first-order valence-electron chi connectivity index (χ1n) is 9.16. The first-order chi connectivity index (χ1) is 13.5. The first-order valence-corrected chi connectivity index (χ1v) is 10.6. The van der Waals surface area contributed by atoms with Gasteiger partial charge in [-0.05, 0) is 24.3 Å². The summed E-state index contributed by atoms with van der Waals surface area (Å²) in [5.74, 6) is -3.76. The number of hydrogen-bond acceptors (Lipinski definition) is 7. The number of hydrogen-bond donors (Lipinski definition) is 6. The molecule has 0 aliphatic heterocycles. The number of carboxylic acid groups (broad SMARTS) is 1. The maximum absolute atomic E-state index is 12.3. The molecule has 4 atom stereocenters. The fraction of sp³-hybridized carbons (Fsp3) is 0.706. The highest BCUT2D eigenvalue weighted by Gasteiger charge is 2.28. The van der Waals surface area contributed by atoms with E-state index < -0.39 is 60.7 Å². The number of nitrogens with two attached hydrogens (primary N) is 2. The number of carbonyl (C=O) groups is 5. The van der Waals surface area contributed by atoms with Gasteiger partial charge in [-0.25, -0.2) is 4.79 Å². The Kier molecular flexibility index (Phi) is 12.7. The van der Waals surface area contributed by atoms with Gasteiger partial charge in [0, 0.05) is 0 Å². The van der Waals surface area contributed by atoms with Gasteiger partial charge in [0.1, 0.15) is 12.1 Å². The number of carboxylic acids is 1. The predicted molar refractivity (Wildman–Crippen MR) is 109 cm³/mol.